The van der Waals surface area contributed by atoms with Crippen LogP contribution in [0, 0.1) is 10.1 Å². The highest BCUT2D eigenvalue weighted by Crippen LogP contribution is 2.17. The van der Waals surface area contributed by atoms with Gasteiger partial charge in [0.2, 0.25) is 5.91 Å². The first-order valence-corrected chi connectivity index (χ1v) is 9.44. The van der Waals surface area contributed by atoms with Crippen LogP contribution in [0.25, 0.3) is 0 Å². The number of nitro groups is 1. The lowest BCUT2D eigenvalue weighted by atomic mass is 10.1. The third kappa shape index (κ3) is 6.76. The standard InChI is InChI=1S/C19H22N2O4S/c1-25-18-6-2-4-15(12-18)5-3-11-20-19(22)14-26-13-16-7-9-17(10-8-16)21(23)24/h2,4,6-10,12H,3,5,11,13-14H2,1H3,(H,20,22). The molecule has 26 heavy (non-hydrogen) atoms. The number of ether oxygens (including phenoxy) is 1. The number of aryl methyl sites for hydroxylation is 1. The van der Waals surface area contributed by atoms with E-state index in [9.17, 15) is 14.9 Å². The van der Waals surface area contributed by atoms with Crippen molar-refractivity contribution in [3.8, 4) is 5.75 Å². The summed E-state index contributed by atoms with van der Waals surface area (Å²) in [5.41, 5.74) is 2.23. The molecule has 6 nitrogen and oxygen atoms in total. The SMILES string of the molecule is COc1cccc(CCCNC(=O)CSCc2ccc([N+](=O)[O-])cc2)c1. The number of thioether (sulfide) groups is 1. The highest BCUT2D eigenvalue weighted by atomic mass is 32.2. The van der Waals surface area contributed by atoms with E-state index in [4.69, 9.17) is 4.74 Å². The minimum absolute atomic E-state index is 0.00236. The van der Waals surface area contributed by atoms with Gasteiger partial charge in [0.05, 0.1) is 17.8 Å². The Kier molecular flexibility index (Phi) is 7.95. The molecule has 2 rings (SSSR count). The van der Waals surface area contributed by atoms with Crippen LogP contribution in [-0.4, -0.2) is 30.2 Å². The zero-order chi connectivity index (χ0) is 18.8. The quantitative estimate of drug-likeness (QED) is 0.390. The van der Waals surface area contributed by atoms with E-state index in [1.807, 2.05) is 24.3 Å². The lowest BCUT2D eigenvalue weighted by Crippen LogP contribution is -2.26. The Morgan fingerprint density at radius 3 is 2.65 bits per heavy atom. The number of carbonyl (C=O) groups excluding carboxylic acids is 1. The molecular formula is C19H22N2O4S. The molecule has 0 aliphatic carbocycles. The van der Waals surface area contributed by atoms with E-state index in [0.717, 1.165) is 24.2 Å². The molecular weight excluding hydrogens is 352 g/mol. The molecule has 0 saturated heterocycles. The highest BCUT2D eigenvalue weighted by molar-refractivity contribution is 7.99. The average Bonchev–Trinajstić information content (AvgIpc) is 2.66. The Bertz CT molecular complexity index is 735. The summed E-state index contributed by atoms with van der Waals surface area (Å²) in [5, 5.41) is 13.5. The molecule has 0 heterocycles. The summed E-state index contributed by atoms with van der Waals surface area (Å²) in [6, 6.07) is 14.3. The van der Waals surface area contributed by atoms with Crippen molar-refractivity contribution in [2.24, 2.45) is 0 Å². The second-order valence-corrected chi connectivity index (χ2v) is 6.71. The normalized spacial score (nSPS) is 10.3. The Morgan fingerprint density at radius 2 is 1.96 bits per heavy atom. The number of nitro benzene ring substituents is 1. The van der Waals surface area contributed by atoms with E-state index in [0.29, 0.717) is 18.1 Å². The van der Waals surface area contributed by atoms with Gasteiger partial charge in [-0.2, -0.15) is 0 Å². The van der Waals surface area contributed by atoms with E-state index in [1.54, 1.807) is 19.2 Å². The Morgan fingerprint density at radius 1 is 1.19 bits per heavy atom. The molecule has 2 aromatic rings. The van der Waals surface area contributed by atoms with Gasteiger partial charge >= 0.3 is 0 Å². The van der Waals surface area contributed by atoms with Gasteiger partial charge in [-0.05, 0) is 36.1 Å². The fraction of sp³-hybridized carbons (Fsp3) is 0.316. The number of amides is 1. The van der Waals surface area contributed by atoms with Gasteiger partial charge in [0.1, 0.15) is 5.75 Å². The van der Waals surface area contributed by atoms with Crippen LogP contribution in [0.1, 0.15) is 17.5 Å². The van der Waals surface area contributed by atoms with Crippen LogP contribution in [0.5, 0.6) is 5.75 Å². The Labute approximate surface area is 157 Å². The monoisotopic (exact) mass is 374 g/mol. The number of nitrogens with zero attached hydrogens (tertiary/aromatic N) is 1. The predicted molar refractivity (Wildman–Crippen MR) is 104 cm³/mol. The van der Waals surface area contributed by atoms with Crippen LogP contribution in [-0.2, 0) is 17.0 Å². The zero-order valence-corrected chi connectivity index (χ0v) is 15.5. The fourth-order valence-corrected chi connectivity index (χ4v) is 3.19. The van der Waals surface area contributed by atoms with Crippen LogP contribution in [0.15, 0.2) is 48.5 Å². The van der Waals surface area contributed by atoms with E-state index in [-0.39, 0.29) is 11.6 Å². The minimum atomic E-state index is -0.421. The maximum absolute atomic E-state index is 11.8. The topological polar surface area (TPSA) is 81.5 Å². The molecule has 0 aliphatic heterocycles. The number of methoxy groups -OCH3 is 1. The number of benzene rings is 2. The summed E-state index contributed by atoms with van der Waals surface area (Å²) < 4.78 is 5.19. The molecule has 0 bridgehead atoms. The van der Waals surface area contributed by atoms with Gasteiger partial charge in [0.25, 0.3) is 5.69 Å². The van der Waals surface area contributed by atoms with E-state index >= 15 is 0 Å². The number of hydrogen-bond acceptors (Lipinski definition) is 5. The summed E-state index contributed by atoms with van der Waals surface area (Å²) in [6.45, 7) is 0.633. The fourth-order valence-electron chi connectivity index (χ4n) is 2.37. The van der Waals surface area contributed by atoms with E-state index in [2.05, 4.69) is 5.32 Å². The van der Waals surface area contributed by atoms with Crippen molar-refractivity contribution in [3.05, 3.63) is 69.8 Å². The van der Waals surface area contributed by atoms with Crippen molar-refractivity contribution >= 4 is 23.4 Å². The molecule has 0 aromatic heterocycles. The number of non-ortho nitro benzene ring substituents is 1. The number of nitrogens with one attached hydrogen (secondary N) is 1. The van der Waals surface area contributed by atoms with Crippen LogP contribution in [0.3, 0.4) is 0 Å². The smallest absolute Gasteiger partial charge is 0.269 e. The first-order chi connectivity index (χ1) is 12.6. The zero-order valence-electron chi connectivity index (χ0n) is 14.6. The summed E-state index contributed by atoms with van der Waals surface area (Å²) in [7, 11) is 1.65. The number of rotatable bonds is 10. The predicted octanol–water partition coefficient (Wildman–Crippen LogP) is 3.59. The third-order valence-corrected chi connectivity index (χ3v) is 4.75. The van der Waals surface area contributed by atoms with Crippen molar-refractivity contribution in [3.63, 3.8) is 0 Å². The largest absolute Gasteiger partial charge is 0.497 e. The van der Waals surface area contributed by atoms with Gasteiger partial charge in [0, 0.05) is 24.4 Å². The molecule has 0 aliphatic rings. The lowest BCUT2D eigenvalue weighted by molar-refractivity contribution is -0.384. The molecule has 0 saturated carbocycles. The summed E-state index contributed by atoms with van der Waals surface area (Å²) in [5.74, 6) is 1.86. The minimum Gasteiger partial charge on any atom is -0.497 e. The summed E-state index contributed by atoms with van der Waals surface area (Å²) in [6.07, 6.45) is 1.75. The highest BCUT2D eigenvalue weighted by Gasteiger charge is 2.05. The number of hydrogen-bond donors (Lipinski definition) is 1. The van der Waals surface area contributed by atoms with Crippen LogP contribution in [0.2, 0.25) is 0 Å². The molecule has 2 aromatic carbocycles. The molecule has 0 unspecified atom stereocenters. The van der Waals surface area contributed by atoms with Crippen molar-refractivity contribution in [1.82, 2.24) is 5.32 Å². The van der Waals surface area contributed by atoms with Crippen LogP contribution >= 0.6 is 11.8 Å². The molecule has 0 atom stereocenters. The van der Waals surface area contributed by atoms with Gasteiger partial charge in [-0.15, -0.1) is 11.8 Å². The van der Waals surface area contributed by atoms with Crippen molar-refractivity contribution in [2.45, 2.75) is 18.6 Å². The van der Waals surface area contributed by atoms with E-state index < -0.39 is 4.92 Å². The van der Waals surface area contributed by atoms with Gasteiger partial charge < -0.3 is 10.1 Å². The first-order valence-electron chi connectivity index (χ1n) is 8.29. The Balaban J connectivity index is 1.60. The van der Waals surface area contributed by atoms with Crippen molar-refractivity contribution < 1.29 is 14.5 Å². The van der Waals surface area contributed by atoms with Crippen molar-refractivity contribution in [1.29, 1.82) is 0 Å². The molecule has 0 spiro atoms. The molecule has 1 amide bonds. The third-order valence-electron chi connectivity index (χ3n) is 3.75. The molecule has 1 N–H and O–H groups in total. The van der Waals surface area contributed by atoms with Gasteiger partial charge in [0.15, 0.2) is 0 Å². The summed E-state index contributed by atoms with van der Waals surface area (Å²) >= 11 is 1.49. The first kappa shape index (κ1) is 19.8. The van der Waals surface area contributed by atoms with Crippen molar-refractivity contribution in [2.75, 3.05) is 19.4 Å². The average molecular weight is 374 g/mol. The maximum Gasteiger partial charge on any atom is 0.269 e. The van der Waals surface area contributed by atoms with Gasteiger partial charge in [-0.3, -0.25) is 14.9 Å². The Hall–Kier alpha value is -2.54. The second-order valence-electron chi connectivity index (χ2n) is 5.72. The number of carbonyl (C=O) groups is 1. The van der Waals surface area contributed by atoms with Gasteiger partial charge in [-0.1, -0.05) is 24.3 Å². The lowest BCUT2D eigenvalue weighted by Gasteiger charge is -2.07. The molecule has 0 radical (unpaired) electrons. The molecule has 0 fully saturated rings. The second kappa shape index (κ2) is 10.5. The van der Waals surface area contributed by atoms with Crippen LogP contribution < -0.4 is 10.1 Å². The molecule has 7 heteroatoms. The van der Waals surface area contributed by atoms with E-state index in [1.165, 1.54) is 29.5 Å². The molecule has 138 valence electrons. The summed E-state index contributed by atoms with van der Waals surface area (Å²) in [4.78, 5) is 22.0. The van der Waals surface area contributed by atoms with Crippen LogP contribution in [0.4, 0.5) is 5.69 Å². The maximum atomic E-state index is 11.8. The van der Waals surface area contributed by atoms with Gasteiger partial charge in [-0.25, -0.2) is 0 Å².